The number of rotatable bonds is 4. The van der Waals surface area contributed by atoms with Crippen molar-refractivity contribution in [3.8, 4) is 0 Å². The normalized spacial score (nSPS) is 12.6. The molecule has 2 aromatic carbocycles. The Morgan fingerprint density at radius 1 is 1.09 bits per heavy atom. The van der Waals surface area contributed by atoms with E-state index in [2.05, 4.69) is 0 Å². The van der Waals surface area contributed by atoms with E-state index in [1.807, 2.05) is 24.3 Å². The van der Waals surface area contributed by atoms with Crippen molar-refractivity contribution in [1.29, 1.82) is 0 Å². The third-order valence-electron chi connectivity index (χ3n) is 3.80. The molecule has 0 saturated carbocycles. The molecule has 0 aromatic heterocycles. The number of carbonyl (C=O) groups is 3. The highest BCUT2D eigenvalue weighted by atomic mass is 16.5. The van der Waals surface area contributed by atoms with Gasteiger partial charge in [-0.2, -0.15) is 0 Å². The van der Waals surface area contributed by atoms with E-state index in [9.17, 15) is 14.4 Å². The van der Waals surface area contributed by atoms with Gasteiger partial charge in [0.1, 0.15) is 6.29 Å². The number of aldehydes is 1. The summed E-state index contributed by atoms with van der Waals surface area (Å²) in [5.74, 6) is -0.823. The first-order valence-corrected chi connectivity index (χ1v) is 7.29. The highest BCUT2D eigenvalue weighted by molar-refractivity contribution is 5.98. The molecule has 5 heteroatoms. The van der Waals surface area contributed by atoms with E-state index in [1.54, 1.807) is 4.90 Å². The third kappa shape index (κ3) is 3.13. The molecule has 1 amide bonds. The molecule has 0 N–H and O–H groups in total. The van der Waals surface area contributed by atoms with Crippen LogP contribution in [0.25, 0.3) is 0 Å². The molecule has 1 aliphatic heterocycles. The van der Waals surface area contributed by atoms with Crippen molar-refractivity contribution in [1.82, 2.24) is 0 Å². The quantitative estimate of drug-likeness (QED) is 0.642. The van der Waals surface area contributed by atoms with Gasteiger partial charge >= 0.3 is 5.97 Å². The van der Waals surface area contributed by atoms with Crippen molar-refractivity contribution in [2.45, 2.75) is 6.42 Å². The van der Waals surface area contributed by atoms with Gasteiger partial charge in [-0.25, -0.2) is 4.79 Å². The molecule has 0 atom stereocenters. The summed E-state index contributed by atoms with van der Waals surface area (Å²) in [6.45, 7) is 0.298. The van der Waals surface area contributed by atoms with Gasteiger partial charge in [0.15, 0.2) is 6.61 Å². The van der Waals surface area contributed by atoms with Gasteiger partial charge in [0.25, 0.3) is 5.91 Å². The van der Waals surface area contributed by atoms with Crippen LogP contribution < -0.4 is 4.90 Å². The Bertz CT molecular complexity index is 752. The summed E-state index contributed by atoms with van der Waals surface area (Å²) in [5.41, 5.74) is 2.79. The molecule has 0 bridgehead atoms. The Labute approximate surface area is 133 Å². The fourth-order valence-corrected chi connectivity index (χ4v) is 2.58. The predicted octanol–water partition coefficient (Wildman–Crippen LogP) is 2.25. The number of nitrogens with zero attached hydrogens (tertiary/aromatic N) is 1. The zero-order valence-electron chi connectivity index (χ0n) is 12.4. The van der Waals surface area contributed by atoms with E-state index in [1.165, 1.54) is 24.3 Å². The number of anilines is 1. The van der Waals surface area contributed by atoms with Crippen molar-refractivity contribution in [2.24, 2.45) is 0 Å². The fourth-order valence-electron chi connectivity index (χ4n) is 2.58. The second kappa shape index (κ2) is 6.44. The maximum Gasteiger partial charge on any atom is 0.338 e. The molecule has 5 nitrogen and oxygen atoms in total. The Balaban J connectivity index is 1.61. The van der Waals surface area contributed by atoms with E-state index in [4.69, 9.17) is 4.74 Å². The van der Waals surface area contributed by atoms with Crippen LogP contribution in [0.3, 0.4) is 0 Å². The fraction of sp³-hybridized carbons (Fsp3) is 0.167. The first-order valence-electron chi connectivity index (χ1n) is 7.29. The molecule has 0 radical (unpaired) electrons. The van der Waals surface area contributed by atoms with E-state index in [0.717, 1.165) is 17.7 Å². The Morgan fingerprint density at radius 3 is 2.57 bits per heavy atom. The number of fused-ring (bicyclic) bond motifs is 1. The molecular formula is C18H15NO4. The molecule has 116 valence electrons. The topological polar surface area (TPSA) is 63.7 Å². The van der Waals surface area contributed by atoms with E-state index in [-0.39, 0.29) is 12.5 Å². The molecule has 0 spiro atoms. The standard InChI is InChI=1S/C18H15NO4/c20-11-13-5-7-15(8-6-13)18(22)23-12-17(21)19-10-9-14-3-1-2-4-16(14)19/h1-8,11H,9-10,12H2. The van der Waals surface area contributed by atoms with Crippen LogP contribution in [0.5, 0.6) is 0 Å². The van der Waals surface area contributed by atoms with Crippen LogP contribution in [0.1, 0.15) is 26.3 Å². The number of carbonyl (C=O) groups excluding carboxylic acids is 3. The lowest BCUT2D eigenvalue weighted by Crippen LogP contribution is -2.33. The number of benzene rings is 2. The summed E-state index contributed by atoms with van der Waals surface area (Å²) in [5, 5.41) is 0. The lowest BCUT2D eigenvalue weighted by Gasteiger charge is -2.17. The zero-order valence-corrected chi connectivity index (χ0v) is 12.4. The number of amides is 1. The average molecular weight is 309 g/mol. The van der Waals surface area contributed by atoms with Crippen molar-refractivity contribution >= 4 is 23.9 Å². The Morgan fingerprint density at radius 2 is 1.83 bits per heavy atom. The van der Waals surface area contributed by atoms with Gasteiger partial charge in [0.05, 0.1) is 5.56 Å². The van der Waals surface area contributed by atoms with Gasteiger partial charge in [-0.1, -0.05) is 30.3 Å². The molecular weight excluding hydrogens is 294 g/mol. The SMILES string of the molecule is O=Cc1ccc(C(=O)OCC(=O)N2CCc3ccccc32)cc1. The largest absolute Gasteiger partial charge is 0.452 e. The highest BCUT2D eigenvalue weighted by Gasteiger charge is 2.24. The molecule has 0 fully saturated rings. The number of para-hydroxylation sites is 1. The van der Waals surface area contributed by atoms with Crippen LogP contribution in [0.4, 0.5) is 5.69 Å². The van der Waals surface area contributed by atoms with Gasteiger partial charge in [0, 0.05) is 17.8 Å². The van der Waals surface area contributed by atoms with Crippen LogP contribution in [-0.2, 0) is 16.0 Å². The van der Waals surface area contributed by atoms with E-state index >= 15 is 0 Å². The molecule has 1 aliphatic rings. The van der Waals surface area contributed by atoms with Crippen LogP contribution in [0.2, 0.25) is 0 Å². The first-order chi connectivity index (χ1) is 11.2. The first kappa shape index (κ1) is 15.0. The number of esters is 1. The molecule has 1 heterocycles. The summed E-state index contributed by atoms with van der Waals surface area (Å²) < 4.78 is 5.07. The predicted molar refractivity (Wildman–Crippen MR) is 84.6 cm³/mol. The van der Waals surface area contributed by atoms with Crippen molar-refractivity contribution in [3.05, 3.63) is 65.2 Å². The van der Waals surface area contributed by atoms with Gasteiger partial charge in [-0.3, -0.25) is 9.59 Å². The maximum absolute atomic E-state index is 12.2. The highest BCUT2D eigenvalue weighted by Crippen LogP contribution is 2.27. The minimum Gasteiger partial charge on any atom is -0.452 e. The van der Waals surface area contributed by atoms with Gasteiger partial charge in [-0.05, 0) is 30.2 Å². The zero-order chi connectivity index (χ0) is 16.2. The second-order valence-electron chi connectivity index (χ2n) is 5.24. The van der Waals surface area contributed by atoms with Crippen molar-refractivity contribution < 1.29 is 19.1 Å². The van der Waals surface area contributed by atoms with Gasteiger partial charge in [-0.15, -0.1) is 0 Å². The lowest BCUT2D eigenvalue weighted by molar-refractivity contribution is -0.121. The van der Waals surface area contributed by atoms with Gasteiger partial charge < -0.3 is 9.64 Å². The summed E-state index contributed by atoms with van der Waals surface area (Å²) in [6, 6.07) is 13.8. The Hall–Kier alpha value is -2.95. The molecule has 2 aromatic rings. The van der Waals surface area contributed by atoms with Crippen molar-refractivity contribution in [3.63, 3.8) is 0 Å². The van der Waals surface area contributed by atoms with Gasteiger partial charge in [0.2, 0.25) is 0 Å². The smallest absolute Gasteiger partial charge is 0.338 e. The van der Waals surface area contributed by atoms with Crippen LogP contribution in [0.15, 0.2) is 48.5 Å². The minimum absolute atomic E-state index is 0.243. The van der Waals surface area contributed by atoms with E-state index in [0.29, 0.717) is 24.0 Å². The maximum atomic E-state index is 12.2. The number of hydrogen-bond acceptors (Lipinski definition) is 4. The number of ether oxygens (including phenoxy) is 1. The van der Waals surface area contributed by atoms with Crippen LogP contribution in [0, 0.1) is 0 Å². The van der Waals surface area contributed by atoms with Crippen molar-refractivity contribution in [2.75, 3.05) is 18.1 Å². The van der Waals surface area contributed by atoms with E-state index < -0.39 is 5.97 Å². The van der Waals surface area contributed by atoms with Crippen LogP contribution in [-0.4, -0.2) is 31.3 Å². The lowest BCUT2D eigenvalue weighted by atomic mass is 10.1. The van der Waals surface area contributed by atoms with Crippen LogP contribution >= 0.6 is 0 Å². The molecule has 0 unspecified atom stereocenters. The summed E-state index contributed by atoms with van der Waals surface area (Å²) >= 11 is 0. The summed E-state index contributed by atoms with van der Waals surface area (Å²) in [4.78, 5) is 36.4. The Kier molecular flexibility index (Phi) is 4.19. The molecule has 23 heavy (non-hydrogen) atoms. The third-order valence-corrected chi connectivity index (χ3v) is 3.80. The summed E-state index contributed by atoms with van der Waals surface area (Å²) in [6.07, 6.45) is 1.51. The average Bonchev–Trinajstić information content (AvgIpc) is 3.03. The second-order valence-corrected chi connectivity index (χ2v) is 5.24. The monoisotopic (exact) mass is 309 g/mol. The summed E-state index contributed by atoms with van der Waals surface area (Å²) in [7, 11) is 0. The molecule has 0 saturated heterocycles. The minimum atomic E-state index is -0.580. The molecule has 3 rings (SSSR count). The molecule has 0 aliphatic carbocycles. The number of hydrogen-bond donors (Lipinski definition) is 0.